The maximum absolute atomic E-state index is 5.79. The zero-order valence-corrected chi connectivity index (χ0v) is 19.0. The molecule has 0 unspecified atom stereocenters. The molecular formula is C24H43N5O. The van der Waals surface area contributed by atoms with Crippen molar-refractivity contribution in [3.8, 4) is 5.75 Å². The van der Waals surface area contributed by atoms with Crippen LogP contribution in [0.1, 0.15) is 96.8 Å². The maximum Gasteiger partial charge on any atom is 0.223 e. The van der Waals surface area contributed by atoms with E-state index in [0.29, 0.717) is 5.69 Å². The summed E-state index contributed by atoms with van der Waals surface area (Å²) in [4.78, 5) is 7.79. The number of benzene rings is 1. The van der Waals surface area contributed by atoms with Crippen LogP contribution in [0.3, 0.4) is 0 Å². The van der Waals surface area contributed by atoms with Gasteiger partial charge in [0.25, 0.3) is 0 Å². The number of nitrogens with two attached hydrogens (primary N) is 3. The third-order valence-electron chi connectivity index (χ3n) is 5.09. The SMILES string of the molecule is CCCCCCCCCCCCCCCCOc1ccc(N=C(N)N=C(N)N)cc1. The molecule has 0 atom stereocenters. The summed E-state index contributed by atoms with van der Waals surface area (Å²) in [7, 11) is 0. The van der Waals surface area contributed by atoms with Crippen LogP contribution in [0, 0.1) is 0 Å². The zero-order valence-electron chi connectivity index (χ0n) is 19.0. The first-order valence-electron chi connectivity index (χ1n) is 11.8. The molecule has 0 aliphatic heterocycles. The molecule has 6 heteroatoms. The second-order valence-corrected chi connectivity index (χ2v) is 7.95. The van der Waals surface area contributed by atoms with Gasteiger partial charge < -0.3 is 21.9 Å². The lowest BCUT2D eigenvalue weighted by atomic mass is 10.0. The predicted octanol–water partition coefficient (Wildman–Crippen LogP) is 5.77. The van der Waals surface area contributed by atoms with Gasteiger partial charge in [-0.2, -0.15) is 4.99 Å². The van der Waals surface area contributed by atoms with E-state index in [1.807, 2.05) is 24.3 Å². The molecule has 0 bridgehead atoms. The molecule has 6 nitrogen and oxygen atoms in total. The quantitative estimate of drug-likeness (QED) is 0.170. The molecule has 0 saturated carbocycles. The first-order valence-corrected chi connectivity index (χ1v) is 11.8. The zero-order chi connectivity index (χ0) is 21.9. The minimum absolute atomic E-state index is 0.0334. The van der Waals surface area contributed by atoms with E-state index in [-0.39, 0.29) is 11.9 Å². The summed E-state index contributed by atoms with van der Waals surface area (Å²) in [6, 6.07) is 7.42. The topological polar surface area (TPSA) is 112 Å². The molecule has 0 saturated heterocycles. The summed E-state index contributed by atoms with van der Waals surface area (Å²) in [6.07, 6.45) is 19.0. The molecule has 1 aromatic carbocycles. The van der Waals surface area contributed by atoms with Crippen LogP contribution in [-0.4, -0.2) is 18.5 Å². The number of guanidine groups is 2. The van der Waals surface area contributed by atoms with Crippen LogP contribution in [0.5, 0.6) is 5.75 Å². The van der Waals surface area contributed by atoms with Crippen LogP contribution in [-0.2, 0) is 0 Å². The molecule has 0 radical (unpaired) electrons. The third-order valence-corrected chi connectivity index (χ3v) is 5.09. The molecule has 0 aliphatic rings. The van der Waals surface area contributed by atoms with Crippen LogP contribution in [0.25, 0.3) is 0 Å². The van der Waals surface area contributed by atoms with Crippen molar-refractivity contribution in [2.45, 2.75) is 96.8 Å². The van der Waals surface area contributed by atoms with E-state index in [0.717, 1.165) is 18.8 Å². The second-order valence-electron chi connectivity index (χ2n) is 7.95. The van der Waals surface area contributed by atoms with Gasteiger partial charge in [-0.05, 0) is 30.7 Å². The van der Waals surface area contributed by atoms with Crippen molar-refractivity contribution in [1.29, 1.82) is 0 Å². The molecule has 30 heavy (non-hydrogen) atoms. The van der Waals surface area contributed by atoms with Gasteiger partial charge in [-0.1, -0.05) is 90.4 Å². The Balaban J connectivity index is 1.96. The van der Waals surface area contributed by atoms with Gasteiger partial charge in [-0.15, -0.1) is 0 Å². The Morgan fingerprint density at radius 2 is 1.17 bits per heavy atom. The summed E-state index contributed by atoms with van der Waals surface area (Å²) in [5, 5.41) is 0. The lowest BCUT2D eigenvalue weighted by Crippen LogP contribution is -2.26. The van der Waals surface area contributed by atoms with E-state index in [1.165, 1.54) is 83.5 Å². The van der Waals surface area contributed by atoms with Crippen molar-refractivity contribution in [1.82, 2.24) is 0 Å². The Morgan fingerprint density at radius 3 is 1.63 bits per heavy atom. The summed E-state index contributed by atoms with van der Waals surface area (Å²) in [5.74, 6) is 0.763. The van der Waals surface area contributed by atoms with Gasteiger partial charge in [0.15, 0.2) is 5.96 Å². The normalized spacial score (nSPS) is 11.4. The monoisotopic (exact) mass is 417 g/mol. The van der Waals surface area contributed by atoms with E-state index in [2.05, 4.69) is 16.9 Å². The van der Waals surface area contributed by atoms with Crippen molar-refractivity contribution in [2.24, 2.45) is 27.2 Å². The third kappa shape index (κ3) is 14.7. The number of unbranched alkanes of at least 4 members (excludes halogenated alkanes) is 13. The second kappa shape index (κ2) is 17.6. The highest BCUT2D eigenvalue weighted by Crippen LogP contribution is 2.19. The Hall–Kier alpha value is -2.24. The average molecular weight is 418 g/mol. The molecule has 0 fully saturated rings. The molecule has 1 aromatic rings. The van der Waals surface area contributed by atoms with Crippen molar-refractivity contribution in [3.63, 3.8) is 0 Å². The van der Waals surface area contributed by atoms with Crippen LogP contribution in [0.2, 0.25) is 0 Å². The molecule has 6 N–H and O–H groups in total. The van der Waals surface area contributed by atoms with Gasteiger partial charge in [0.1, 0.15) is 5.75 Å². The lowest BCUT2D eigenvalue weighted by Gasteiger charge is -2.06. The molecule has 0 spiro atoms. The van der Waals surface area contributed by atoms with Gasteiger partial charge in [0, 0.05) is 0 Å². The number of rotatable bonds is 17. The van der Waals surface area contributed by atoms with Crippen molar-refractivity contribution < 1.29 is 4.74 Å². The highest BCUT2D eigenvalue weighted by atomic mass is 16.5. The van der Waals surface area contributed by atoms with Gasteiger partial charge in [0.05, 0.1) is 12.3 Å². The first-order chi connectivity index (χ1) is 14.6. The van der Waals surface area contributed by atoms with Gasteiger partial charge in [-0.25, -0.2) is 4.99 Å². The van der Waals surface area contributed by atoms with E-state index in [4.69, 9.17) is 21.9 Å². The Morgan fingerprint density at radius 1 is 0.700 bits per heavy atom. The number of aliphatic imine (C=N–C) groups is 2. The van der Waals surface area contributed by atoms with Gasteiger partial charge >= 0.3 is 0 Å². The molecule has 1 rings (SSSR count). The lowest BCUT2D eigenvalue weighted by molar-refractivity contribution is 0.304. The highest BCUT2D eigenvalue weighted by molar-refractivity contribution is 5.93. The minimum atomic E-state index is -0.107. The molecule has 0 amide bonds. The molecular weight excluding hydrogens is 374 g/mol. The van der Waals surface area contributed by atoms with Crippen LogP contribution in [0.15, 0.2) is 34.3 Å². The Bertz CT molecular complexity index is 594. The maximum atomic E-state index is 5.79. The molecule has 0 heterocycles. The van der Waals surface area contributed by atoms with Crippen LogP contribution in [0.4, 0.5) is 5.69 Å². The first kappa shape index (κ1) is 25.8. The van der Waals surface area contributed by atoms with Crippen molar-refractivity contribution in [3.05, 3.63) is 24.3 Å². The fraction of sp³-hybridized carbons (Fsp3) is 0.667. The van der Waals surface area contributed by atoms with E-state index >= 15 is 0 Å². The minimum Gasteiger partial charge on any atom is -0.494 e. The summed E-state index contributed by atoms with van der Waals surface area (Å²) in [6.45, 7) is 3.02. The highest BCUT2D eigenvalue weighted by Gasteiger charge is 1.98. The largest absolute Gasteiger partial charge is 0.494 e. The molecule has 0 aliphatic carbocycles. The fourth-order valence-electron chi connectivity index (χ4n) is 3.39. The van der Waals surface area contributed by atoms with Gasteiger partial charge in [-0.3, -0.25) is 0 Å². The number of nitrogens with zero attached hydrogens (tertiary/aromatic N) is 2. The van der Waals surface area contributed by atoms with Crippen molar-refractivity contribution in [2.75, 3.05) is 6.61 Å². The Kier molecular flexibility index (Phi) is 15.1. The van der Waals surface area contributed by atoms with E-state index in [1.54, 1.807) is 0 Å². The van der Waals surface area contributed by atoms with E-state index < -0.39 is 0 Å². The van der Waals surface area contributed by atoms with E-state index in [9.17, 15) is 0 Å². The number of hydrogen-bond acceptors (Lipinski definition) is 2. The Labute approximate surface area is 183 Å². The summed E-state index contributed by atoms with van der Waals surface area (Å²) >= 11 is 0. The summed E-state index contributed by atoms with van der Waals surface area (Å²) < 4.78 is 5.79. The summed E-state index contributed by atoms with van der Waals surface area (Å²) in [5.41, 5.74) is 16.8. The molecule has 0 aromatic heterocycles. The smallest absolute Gasteiger partial charge is 0.223 e. The standard InChI is InChI=1S/C24H43N5O/c1-2-3-4-5-6-7-8-9-10-11-12-13-14-15-20-30-22-18-16-21(17-19-22)28-24(27)29-23(25)26/h16-19H,2-15,20H2,1H3,(H6,25,26,27,28,29). The molecule has 170 valence electrons. The predicted molar refractivity (Wildman–Crippen MR) is 129 cm³/mol. The average Bonchev–Trinajstić information content (AvgIpc) is 2.71. The number of hydrogen-bond donors (Lipinski definition) is 3. The van der Waals surface area contributed by atoms with Crippen LogP contribution < -0.4 is 21.9 Å². The van der Waals surface area contributed by atoms with Gasteiger partial charge in [0.2, 0.25) is 5.96 Å². The fourth-order valence-corrected chi connectivity index (χ4v) is 3.39. The van der Waals surface area contributed by atoms with Crippen LogP contribution >= 0.6 is 0 Å². The van der Waals surface area contributed by atoms with Crippen molar-refractivity contribution >= 4 is 17.6 Å². The number of ether oxygens (including phenoxy) is 1.